The van der Waals surface area contributed by atoms with E-state index in [9.17, 15) is 5.11 Å². The Balaban J connectivity index is 1.69. The summed E-state index contributed by atoms with van der Waals surface area (Å²) in [5.74, 6) is 0.775. The quantitative estimate of drug-likeness (QED) is 0.486. The van der Waals surface area contributed by atoms with E-state index < -0.39 is 0 Å². The van der Waals surface area contributed by atoms with Crippen LogP contribution in [0.2, 0.25) is 0 Å². The van der Waals surface area contributed by atoms with Gasteiger partial charge in [-0.15, -0.1) is 0 Å². The molecule has 3 rings (SSSR count). The van der Waals surface area contributed by atoms with Gasteiger partial charge in [0.15, 0.2) is 5.96 Å². The summed E-state index contributed by atoms with van der Waals surface area (Å²) in [4.78, 5) is 4.76. The molecule has 27 heavy (non-hydrogen) atoms. The maximum atomic E-state index is 9.40. The summed E-state index contributed by atoms with van der Waals surface area (Å²) < 4.78 is 7.43. The Morgan fingerprint density at radius 3 is 2.93 bits per heavy atom. The number of nitrogens with one attached hydrogen (secondary N) is 2. The highest BCUT2D eigenvalue weighted by Gasteiger charge is 2.34. The number of para-hydroxylation sites is 1. The van der Waals surface area contributed by atoms with Gasteiger partial charge in [0.25, 0.3) is 0 Å². The predicted molar refractivity (Wildman–Crippen MR) is 106 cm³/mol. The Morgan fingerprint density at radius 2 is 2.22 bits per heavy atom. The highest BCUT2D eigenvalue weighted by molar-refractivity contribution is 5.79. The van der Waals surface area contributed by atoms with E-state index in [1.54, 1.807) is 6.20 Å². The number of hydrogen-bond acceptors (Lipinski definition) is 4. The van der Waals surface area contributed by atoms with E-state index in [1.165, 1.54) is 0 Å². The zero-order valence-electron chi connectivity index (χ0n) is 15.9. The maximum Gasteiger partial charge on any atom is 0.191 e. The highest BCUT2D eigenvalue weighted by Crippen LogP contribution is 2.31. The van der Waals surface area contributed by atoms with Crippen molar-refractivity contribution >= 4 is 5.96 Å². The molecule has 1 atom stereocenters. The molecule has 1 fully saturated rings. The van der Waals surface area contributed by atoms with Crippen LogP contribution in [-0.4, -0.2) is 53.8 Å². The van der Waals surface area contributed by atoms with Crippen LogP contribution in [0.4, 0.5) is 0 Å². The average molecular weight is 371 g/mol. The van der Waals surface area contributed by atoms with Gasteiger partial charge < -0.3 is 20.5 Å². The largest absolute Gasteiger partial charge is 0.396 e. The van der Waals surface area contributed by atoms with Crippen molar-refractivity contribution in [2.45, 2.75) is 26.3 Å². The van der Waals surface area contributed by atoms with Crippen LogP contribution in [-0.2, 0) is 11.3 Å². The van der Waals surface area contributed by atoms with Gasteiger partial charge in [-0.05, 0) is 37.5 Å². The van der Waals surface area contributed by atoms with Gasteiger partial charge in [-0.25, -0.2) is 9.67 Å². The minimum Gasteiger partial charge on any atom is -0.396 e. The van der Waals surface area contributed by atoms with E-state index in [4.69, 9.17) is 9.73 Å². The lowest BCUT2D eigenvalue weighted by atomic mass is 9.84. The fourth-order valence-electron chi connectivity index (χ4n) is 3.37. The molecule has 7 nitrogen and oxygen atoms in total. The zero-order chi connectivity index (χ0) is 19.0. The van der Waals surface area contributed by atoms with E-state index in [2.05, 4.69) is 28.7 Å². The smallest absolute Gasteiger partial charge is 0.191 e. The molecule has 0 saturated carbocycles. The van der Waals surface area contributed by atoms with E-state index >= 15 is 0 Å². The number of aromatic nitrogens is 2. The molecule has 0 aliphatic carbocycles. The molecule has 0 radical (unpaired) electrons. The molecule has 0 spiro atoms. The molecule has 1 aliphatic rings. The van der Waals surface area contributed by atoms with Gasteiger partial charge in [-0.1, -0.05) is 18.2 Å². The fourth-order valence-corrected chi connectivity index (χ4v) is 3.37. The molecule has 2 heterocycles. The number of benzene rings is 1. The Kier molecular flexibility index (Phi) is 6.84. The van der Waals surface area contributed by atoms with Crippen molar-refractivity contribution in [3.63, 3.8) is 0 Å². The van der Waals surface area contributed by atoms with E-state index in [0.29, 0.717) is 13.2 Å². The van der Waals surface area contributed by atoms with Crippen molar-refractivity contribution in [2.75, 3.05) is 32.9 Å². The van der Waals surface area contributed by atoms with Crippen LogP contribution in [0.25, 0.3) is 5.69 Å². The molecular formula is C20H29N5O2. The molecule has 7 heteroatoms. The van der Waals surface area contributed by atoms with Crippen LogP contribution in [0.15, 0.2) is 47.7 Å². The second-order valence-corrected chi connectivity index (χ2v) is 6.90. The number of aliphatic hydroxyl groups excluding tert-OH is 1. The third-order valence-corrected chi connectivity index (χ3v) is 4.95. The lowest BCUT2D eigenvalue weighted by Crippen LogP contribution is -2.44. The van der Waals surface area contributed by atoms with E-state index in [-0.39, 0.29) is 12.0 Å². The number of ether oxygens (including phenoxy) is 1. The first kappa shape index (κ1) is 19.4. The summed E-state index contributed by atoms with van der Waals surface area (Å²) in [5.41, 5.74) is 2.12. The minimum absolute atomic E-state index is 0.0160. The summed E-state index contributed by atoms with van der Waals surface area (Å²) in [5, 5.41) is 20.5. The van der Waals surface area contributed by atoms with Crippen molar-refractivity contribution in [3.05, 3.63) is 48.3 Å². The molecule has 1 aromatic carbocycles. The third-order valence-electron chi connectivity index (χ3n) is 4.95. The third kappa shape index (κ3) is 5.08. The molecule has 1 unspecified atom stereocenters. The van der Waals surface area contributed by atoms with Gasteiger partial charge >= 0.3 is 0 Å². The molecule has 146 valence electrons. The molecular weight excluding hydrogens is 342 g/mol. The second-order valence-electron chi connectivity index (χ2n) is 6.90. The van der Waals surface area contributed by atoms with Crippen LogP contribution < -0.4 is 10.6 Å². The monoisotopic (exact) mass is 371 g/mol. The van der Waals surface area contributed by atoms with Crippen molar-refractivity contribution in [1.82, 2.24) is 20.4 Å². The molecule has 1 aromatic heterocycles. The Labute approximate surface area is 160 Å². The summed E-state index contributed by atoms with van der Waals surface area (Å²) in [6.07, 6.45) is 5.41. The lowest BCUT2D eigenvalue weighted by Gasteiger charge is -2.27. The minimum atomic E-state index is -0.0160. The summed E-state index contributed by atoms with van der Waals surface area (Å²) >= 11 is 0. The Morgan fingerprint density at radius 1 is 1.33 bits per heavy atom. The van der Waals surface area contributed by atoms with E-state index in [1.807, 2.05) is 35.1 Å². The molecule has 1 aliphatic heterocycles. The number of rotatable bonds is 8. The first-order chi connectivity index (χ1) is 13.3. The number of nitrogens with zero attached hydrogens (tertiary/aromatic N) is 3. The van der Waals surface area contributed by atoms with Gasteiger partial charge in [-0.3, -0.25) is 0 Å². The molecule has 0 bridgehead atoms. The maximum absolute atomic E-state index is 9.40. The SMILES string of the molecule is CCNC(=NCc1ccccc1-n1cccn1)NCC1(CCO)CCOC1. The number of hydrogen-bond donors (Lipinski definition) is 3. The second kappa shape index (κ2) is 9.53. The topological polar surface area (TPSA) is 83.7 Å². The van der Waals surface area contributed by atoms with Gasteiger partial charge in [0.2, 0.25) is 0 Å². The first-order valence-corrected chi connectivity index (χ1v) is 9.55. The van der Waals surface area contributed by atoms with Crippen molar-refractivity contribution < 1.29 is 9.84 Å². The van der Waals surface area contributed by atoms with Crippen molar-refractivity contribution in [3.8, 4) is 5.69 Å². The molecule has 3 N–H and O–H groups in total. The average Bonchev–Trinajstić information content (AvgIpc) is 3.37. The van der Waals surface area contributed by atoms with Crippen LogP contribution >= 0.6 is 0 Å². The number of aliphatic imine (C=N–C) groups is 1. The van der Waals surface area contributed by atoms with Crippen LogP contribution in [0.3, 0.4) is 0 Å². The van der Waals surface area contributed by atoms with Crippen LogP contribution in [0, 0.1) is 5.41 Å². The standard InChI is InChI=1S/C20H29N5O2/c1-2-21-19(23-15-20(8-12-26)9-13-27-16-20)22-14-17-6-3-4-7-18(17)25-11-5-10-24-25/h3-7,10-11,26H,2,8-9,12-16H2,1H3,(H2,21,22,23). The Bertz CT molecular complexity index is 724. The van der Waals surface area contributed by atoms with Gasteiger partial charge in [-0.2, -0.15) is 5.10 Å². The van der Waals surface area contributed by atoms with Crippen molar-refractivity contribution in [2.24, 2.45) is 10.4 Å². The number of aliphatic hydroxyl groups is 1. The molecule has 0 amide bonds. The highest BCUT2D eigenvalue weighted by atomic mass is 16.5. The summed E-state index contributed by atoms with van der Waals surface area (Å²) in [7, 11) is 0. The molecule has 2 aromatic rings. The van der Waals surface area contributed by atoms with Gasteiger partial charge in [0.05, 0.1) is 18.8 Å². The summed E-state index contributed by atoms with van der Waals surface area (Å²) in [6.45, 7) is 5.74. The normalized spacial score (nSPS) is 20.0. The number of guanidine groups is 1. The molecule has 1 saturated heterocycles. The van der Waals surface area contributed by atoms with Crippen LogP contribution in [0.1, 0.15) is 25.3 Å². The van der Waals surface area contributed by atoms with E-state index in [0.717, 1.165) is 49.7 Å². The Hall–Kier alpha value is -2.38. The predicted octanol–water partition coefficient (Wildman–Crippen LogP) is 1.72. The summed E-state index contributed by atoms with van der Waals surface area (Å²) in [6, 6.07) is 10.1. The zero-order valence-corrected chi connectivity index (χ0v) is 15.9. The first-order valence-electron chi connectivity index (χ1n) is 9.55. The van der Waals surface area contributed by atoms with Gasteiger partial charge in [0.1, 0.15) is 0 Å². The lowest BCUT2D eigenvalue weighted by molar-refractivity contribution is 0.127. The van der Waals surface area contributed by atoms with Crippen molar-refractivity contribution in [1.29, 1.82) is 0 Å². The van der Waals surface area contributed by atoms with Gasteiger partial charge in [0, 0.05) is 44.1 Å². The van der Waals surface area contributed by atoms with Crippen LogP contribution in [0.5, 0.6) is 0 Å². The fraction of sp³-hybridized carbons (Fsp3) is 0.500.